The third kappa shape index (κ3) is 2.64. The minimum absolute atomic E-state index is 0.0674. The lowest BCUT2D eigenvalue weighted by atomic mass is 10.1. The molecule has 0 bridgehead atoms. The Labute approximate surface area is 101 Å². The molecule has 1 aromatic carbocycles. The summed E-state index contributed by atoms with van der Waals surface area (Å²) in [5.74, 6) is -0.428. The highest BCUT2D eigenvalue weighted by atomic mass is 19.1. The number of likely N-dealkylation sites (tertiary alicyclic amines) is 1. The normalized spacial score (nSPS) is 19.6. The number of nitrogens with one attached hydrogen (secondary N) is 1. The Hall–Kier alpha value is -1.42. The maximum Gasteiger partial charge on any atom is 0.254 e. The van der Waals surface area contributed by atoms with Crippen molar-refractivity contribution in [2.75, 3.05) is 20.1 Å². The first-order chi connectivity index (χ1) is 8.22. The smallest absolute Gasteiger partial charge is 0.254 e. The molecule has 17 heavy (non-hydrogen) atoms. The summed E-state index contributed by atoms with van der Waals surface area (Å²) >= 11 is 0. The van der Waals surface area contributed by atoms with Crippen LogP contribution in [0.3, 0.4) is 0 Å². The molecule has 0 radical (unpaired) electrons. The molecule has 1 aliphatic heterocycles. The molecule has 2 rings (SSSR count). The summed E-state index contributed by atoms with van der Waals surface area (Å²) in [5.41, 5.74) is 0.438. The third-order valence-electron chi connectivity index (χ3n) is 3.15. The summed E-state index contributed by atoms with van der Waals surface area (Å²) in [4.78, 5) is 14.1. The number of rotatable bonds is 3. The summed E-state index contributed by atoms with van der Waals surface area (Å²) in [5, 5.41) is 3.09. The van der Waals surface area contributed by atoms with Crippen LogP contribution in [0.25, 0.3) is 0 Å². The van der Waals surface area contributed by atoms with E-state index in [9.17, 15) is 9.18 Å². The lowest BCUT2D eigenvalue weighted by Crippen LogP contribution is -2.40. The van der Waals surface area contributed by atoms with Crippen molar-refractivity contribution in [3.8, 4) is 0 Å². The highest BCUT2D eigenvalue weighted by Crippen LogP contribution is 2.19. The van der Waals surface area contributed by atoms with E-state index in [1.54, 1.807) is 12.1 Å². The Balaban J connectivity index is 2.14. The lowest BCUT2D eigenvalue weighted by Gasteiger charge is -2.24. The van der Waals surface area contributed by atoms with E-state index in [1.807, 2.05) is 11.9 Å². The Morgan fingerprint density at radius 1 is 1.59 bits per heavy atom. The van der Waals surface area contributed by atoms with E-state index in [1.165, 1.54) is 12.1 Å². The summed E-state index contributed by atoms with van der Waals surface area (Å²) in [6.07, 6.45) is 2.04. The van der Waals surface area contributed by atoms with Crippen LogP contribution in [0.5, 0.6) is 0 Å². The van der Waals surface area contributed by atoms with Gasteiger partial charge in [0, 0.05) is 24.7 Å². The van der Waals surface area contributed by atoms with Crippen molar-refractivity contribution in [3.63, 3.8) is 0 Å². The molecule has 1 saturated heterocycles. The number of hydrogen-bond donors (Lipinski definition) is 1. The van der Waals surface area contributed by atoms with Crippen LogP contribution in [0.15, 0.2) is 24.3 Å². The first kappa shape index (κ1) is 12.0. The maximum atomic E-state index is 13.1. The van der Waals surface area contributed by atoms with Gasteiger partial charge in [-0.3, -0.25) is 4.79 Å². The Morgan fingerprint density at radius 2 is 2.41 bits per heavy atom. The minimum Gasteiger partial charge on any atom is -0.334 e. The second kappa shape index (κ2) is 5.27. The van der Waals surface area contributed by atoms with Crippen molar-refractivity contribution in [1.82, 2.24) is 10.2 Å². The second-order valence-corrected chi connectivity index (χ2v) is 4.36. The number of carbonyl (C=O) groups is 1. The summed E-state index contributed by atoms with van der Waals surface area (Å²) in [7, 11) is 1.88. The van der Waals surface area contributed by atoms with E-state index in [0.717, 1.165) is 25.9 Å². The molecule has 1 heterocycles. The van der Waals surface area contributed by atoms with E-state index >= 15 is 0 Å². The number of likely N-dealkylation sites (N-methyl/N-ethyl adjacent to an activating group) is 1. The lowest BCUT2D eigenvalue weighted by molar-refractivity contribution is 0.0736. The van der Waals surface area contributed by atoms with Gasteiger partial charge in [-0.25, -0.2) is 4.39 Å². The van der Waals surface area contributed by atoms with Gasteiger partial charge in [-0.05, 0) is 38.1 Å². The fourth-order valence-corrected chi connectivity index (χ4v) is 2.34. The van der Waals surface area contributed by atoms with Gasteiger partial charge in [0.25, 0.3) is 5.91 Å². The van der Waals surface area contributed by atoms with Gasteiger partial charge in [-0.1, -0.05) is 6.07 Å². The van der Waals surface area contributed by atoms with Gasteiger partial charge in [0.1, 0.15) is 5.82 Å². The van der Waals surface area contributed by atoms with E-state index < -0.39 is 0 Å². The summed E-state index contributed by atoms with van der Waals surface area (Å²) < 4.78 is 13.1. The van der Waals surface area contributed by atoms with Crippen molar-refractivity contribution in [3.05, 3.63) is 35.6 Å². The number of hydrogen-bond acceptors (Lipinski definition) is 2. The molecule has 1 amide bonds. The topological polar surface area (TPSA) is 32.3 Å². The largest absolute Gasteiger partial charge is 0.334 e. The predicted octanol–water partition coefficient (Wildman–Crippen LogP) is 1.65. The van der Waals surface area contributed by atoms with Crippen LogP contribution >= 0.6 is 0 Å². The van der Waals surface area contributed by atoms with Crippen LogP contribution in [0.4, 0.5) is 4.39 Å². The molecule has 0 saturated carbocycles. The molecular weight excluding hydrogens is 219 g/mol. The Kier molecular flexibility index (Phi) is 3.74. The van der Waals surface area contributed by atoms with E-state index in [0.29, 0.717) is 5.56 Å². The first-order valence-corrected chi connectivity index (χ1v) is 5.93. The molecule has 1 aromatic rings. The van der Waals surface area contributed by atoms with Gasteiger partial charge in [-0.15, -0.1) is 0 Å². The zero-order valence-corrected chi connectivity index (χ0v) is 9.95. The maximum absolute atomic E-state index is 13.1. The second-order valence-electron chi connectivity index (χ2n) is 4.36. The van der Waals surface area contributed by atoms with E-state index in [-0.39, 0.29) is 17.8 Å². The van der Waals surface area contributed by atoms with Crippen LogP contribution in [-0.4, -0.2) is 37.0 Å². The molecule has 3 nitrogen and oxygen atoms in total. The molecule has 0 spiro atoms. The molecule has 1 aliphatic rings. The van der Waals surface area contributed by atoms with Gasteiger partial charge in [0.05, 0.1) is 0 Å². The van der Waals surface area contributed by atoms with Gasteiger partial charge >= 0.3 is 0 Å². The number of amides is 1. The molecule has 1 fully saturated rings. The highest BCUT2D eigenvalue weighted by molar-refractivity contribution is 5.94. The standard InChI is InChI=1S/C13H17FN2O/c1-15-9-12-6-3-7-16(12)13(17)10-4-2-5-11(14)8-10/h2,4-5,8,12,15H,3,6-7,9H2,1H3. The van der Waals surface area contributed by atoms with Crippen LogP contribution in [-0.2, 0) is 0 Å². The molecule has 92 valence electrons. The van der Waals surface area contributed by atoms with Gasteiger partial charge in [0.2, 0.25) is 0 Å². The summed E-state index contributed by atoms with van der Waals surface area (Å²) in [6.45, 7) is 1.56. The fourth-order valence-electron chi connectivity index (χ4n) is 2.34. The average molecular weight is 236 g/mol. The van der Waals surface area contributed by atoms with Crippen LogP contribution in [0.2, 0.25) is 0 Å². The molecule has 0 aromatic heterocycles. The molecule has 1 unspecified atom stereocenters. The Bertz CT molecular complexity index is 408. The van der Waals surface area contributed by atoms with Gasteiger partial charge in [0.15, 0.2) is 0 Å². The average Bonchev–Trinajstić information content (AvgIpc) is 2.77. The van der Waals surface area contributed by atoms with Crippen molar-refractivity contribution in [2.24, 2.45) is 0 Å². The zero-order valence-electron chi connectivity index (χ0n) is 9.95. The number of benzene rings is 1. The quantitative estimate of drug-likeness (QED) is 0.865. The molecule has 1 atom stereocenters. The van der Waals surface area contributed by atoms with Crippen molar-refractivity contribution in [2.45, 2.75) is 18.9 Å². The van der Waals surface area contributed by atoms with Crippen molar-refractivity contribution < 1.29 is 9.18 Å². The van der Waals surface area contributed by atoms with Crippen LogP contribution in [0, 0.1) is 5.82 Å². The number of carbonyl (C=O) groups excluding carboxylic acids is 1. The third-order valence-corrected chi connectivity index (χ3v) is 3.15. The molecule has 0 aliphatic carbocycles. The number of nitrogens with zero attached hydrogens (tertiary/aromatic N) is 1. The summed E-state index contributed by atoms with van der Waals surface area (Å²) in [6, 6.07) is 6.13. The fraction of sp³-hybridized carbons (Fsp3) is 0.462. The van der Waals surface area contributed by atoms with E-state index in [2.05, 4.69) is 5.32 Å². The van der Waals surface area contributed by atoms with Crippen molar-refractivity contribution in [1.29, 1.82) is 0 Å². The van der Waals surface area contributed by atoms with Gasteiger partial charge in [-0.2, -0.15) is 0 Å². The monoisotopic (exact) mass is 236 g/mol. The predicted molar refractivity (Wildman–Crippen MR) is 64.4 cm³/mol. The van der Waals surface area contributed by atoms with Crippen LogP contribution < -0.4 is 5.32 Å². The highest BCUT2D eigenvalue weighted by Gasteiger charge is 2.28. The first-order valence-electron chi connectivity index (χ1n) is 5.93. The zero-order chi connectivity index (χ0) is 12.3. The Morgan fingerprint density at radius 3 is 3.12 bits per heavy atom. The molecule has 4 heteroatoms. The molecule has 1 N–H and O–H groups in total. The van der Waals surface area contributed by atoms with Gasteiger partial charge < -0.3 is 10.2 Å². The number of halogens is 1. The molecular formula is C13H17FN2O. The van der Waals surface area contributed by atoms with Crippen molar-refractivity contribution >= 4 is 5.91 Å². The SMILES string of the molecule is CNCC1CCCN1C(=O)c1cccc(F)c1. The minimum atomic E-state index is -0.361. The van der Waals surface area contributed by atoms with Crippen LogP contribution in [0.1, 0.15) is 23.2 Å². The van der Waals surface area contributed by atoms with E-state index in [4.69, 9.17) is 0 Å².